The van der Waals surface area contributed by atoms with Gasteiger partial charge in [-0.25, -0.2) is 13.8 Å². The molecule has 5 nitrogen and oxygen atoms in total. The Labute approximate surface area is 155 Å². The van der Waals surface area contributed by atoms with E-state index >= 15 is 0 Å². The molecule has 0 aliphatic carbocycles. The van der Waals surface area contributed by atoms with Crippen LogP contribution < -0.4 is 10.6 Å². The topological polar surface area (TPSA) is 71.1 Å². The van der Waals surface area contributed by atoms with Crippen LogP contribution in [0.5, 0.6) is 0 Å². The van der Waals surface area contributed by atoms with Crippen molar-refractivity contribution in [1.29, 1.82) is 0 Å². The summed E-state index contributed by atoms with van der Waals surface area (Å²) in [5.74, 6) is -2.31. The van der Waals surface area contributed by atoms with E-state index in [9.17, 15) is 18.4 Å². The molecule has 3 aromatic rings. The number of carbonyl (C=O) groups is 2. The van der Waals surface area contributed by atoms with Crippen molar-refractivity contribution in [2.45, 2.75) is 11.8 Å². The lowest BCUT2D eigenvalue weighted by Crippen LogP contribution is -2.13. The van der Waals surface area contributed by atoms with Crippen LogP contribution >= 0.6 is 23.1 Å². The summed E-state index contributed by atoms with van der Waals surface area (Å²) in [7, 11) is 0. The van der Waals surface area contributed by atoms with Crippen LogP contribution in [0.1, 0.15) is 6.92 Å². The summed E-state index contributed by atoms with van der Waals surface area (Å²) in [6.45, 7) is 1.42. The van der Waals surface area contributed by atoms with Crippen LogP contribution in [-0.4, -0.2) is 22.6 Å². The summed E-state index contributed by atoms with van der Waals surface area (Å²) in [6, 6.07) is 8.75. The Morgan fingerprint density at radius 1 is 1.12 bits per heavy atom. The number of nitrogens with zero attached hydrogens (tertiary/aromatic N) is 1. The normalized spacial score (nSPS) is 10.7. The second-order valence-electron chi connectivity index (χ2n) is 5.30. The number of carbonyl (C=O) groups excluding carboxylic acids is 2. The van der Waals surface area contributed by atoms with E-state index < -0.39 is 11.6 Å². The molecule has 3 rings (SSSR count). The van der Waals surface area contributed by atoms with Crippen LogP contribution in [0.15, 0.2) is 41.3 Å². The van der Waals surface area contributed by atoms with Gasteiger partial charge in [0.05, 0.1) is 16.0 Å². The fourth-order valence-electron chi connectivity index (χ4n) is 2.13. The molecule has 1 heterocycles. The number of halogens is 2. The zero-order valence-electron chi connectivity index (χ0n) is 13.5. The van der Waals surface area contributed by atoms with Crippen LogP contribution in [0.25, 0.3) is 10.2 Å². The Bertz CT molecular complexity index is 991. The fraction of sp³-hybridized carbons (Fsp3) is 0.118. The van der Waals surface area contributed by atoms with Crippen molar-refractivity contribution in [3.05, 3.63) is 48.0 Å². The van der Waals surface area contributed by atoms with Gasteiger partial charge >= 0.3 is 0 Å². The average molecular weight is 393 g/mol. The molecule has 9 heteroatoms. The van der Waals surface area contributed by atoms with Gasteiger partial charge in [-0.1, -0.05) is 11.3 Å². The number of aromatic nitrogens is 1. The van der Waals surface area contributed by atoms with Crippen molar-refractivity contribution in [3.8, 4) is 0 Å². The van der Waals surface area contributed by atoms with E-state index in [2.05, 4.69) is 15.6 Å². The summed E-state index contributed by atoms with van der Waals surface area (Å²) < 4.78 is 26.9. The molecule has 0 atom stereocenters. The SMILES string of the molecule is CC(=O)Nc1ccc2nc(NC(=O)CSc3ccc(F)c(F)c3)sc2c1. The minimum Gasteiger partial charge on any atom is -0.326 e. The van der Waals surface area contributed by atoms with Gasteiger partial charge < -0.3 is 10.6 Å². The monoisotopic (exact) mass is 393 g/mol. The molecule has 2 N–H and O–H groups in total. The predicted molar refractivity (Wildman–Crippen MR) is 99.6 cm³/mol. The highest BCUT2D eigenvalue weighted by atomic mass is 32.2. The van der Waals surface area contributed by atoms with Crippen LogP contribution in [0.2, 0.25) is 0 Å². The summed E-state index contributed by atoms with van der Waals surface area (Å²) >= 11 is 2.38. The molecule has 2 amide bonds. The summed E-state index contributed by atoms with van der Waals surface area (Å²) in [4.78, 5) is 27.9. The first-order valence-corrected chi connectivity index (χ1v) is 9.27. The Hall–Kier alpha value is -2.52. The van der Waals surface area contributed by atoms with Crippen molar-refractivity contribution < 1.29 is 18.4 Å². The molecule has 0 aliphatic heterocycles. The third-order valence-corrected chi connectivity index (χ3v) is 5.14. The highest BCUT2D eigenvalue weighted by Crippen LogP contribution is 2.29. The zero-order valence-corrected chi connectivity index (χ0v) is 15.1. The Kier molecular flexibility index (Phi) is 5.48. The molecule has 0 spiro atoms. The van der Waals surface area contributed by atoms with Crippen molar-refractivity contribution in [3.63, 3.8) is 0 Å². The van der Waals surface area contributed by atoms with Gasteiger partial charge in [-0.2, -0.15) is 0 Å². The van der Waals surface area contributed by atoms with Gasteiger partial charge in [0.15, 0.2) is 16.8 Å². The smallest absolute Gasteiger partial charge is 0.236 e. The Morgan fingerprint density at radius 3 is 2.65 bits per heavy atom. The molecule has 0 bridgehead atoms. The number of fused-ring (bicyclic) bond motifs is 1. The number of thioether (sulfide) groups is 1. The number of hydrogen-bond acceptors (Lipinski definition) is 5. The van der Waals surface area contributed by atoms with Gasteiger partial charge in [0.25, 0.3) is 0 Å². The number of nitrogens with one attached hydrogen (secondary N) is 2. The first-order valence-electron chi connectivity index (χ1n) is 7.46. The van der Waals surface area contributed by atoms with Gasteiger partial charge in [0, 0.05) is 17.5 Å². The number of amides is 2. The van der Waals surface area contributed by atoms with E-state index in [4.69, 9.17) is 0 Å². The van der Waals surface area contributed by atoms with Crippen molar-refractivity contribution >= 4 is 55.9 Å². The zero-order chi connectivity index (χ0) is 18.7. The van der Waals surface area contributed by atoms with E-state index in [0.717, 1.165) is 28.6 Å². The second-order valence-corrected chi connectivity index (χ2v) is 7.37. The molecule has 0 fully saturated rings. The summed E-state index contributed by atoms with van der Waals surface area (Å²) in [5, 5.41) is 5.79. The third-order valence-electron chi connectivity index (χ3n) is 3.22. The molecule has 0 saturated carbocycles. The summed E-state index contributed by atoms with van der Waals surface area (Å²) in [5.41, 5.74) is 1.35. The second kappa shape index (κ2) is 7.79. The van der Waals surface area contributed by atoms with E-state index in [0.29, 0.717) is 21.2 Å². The lowest BCUT2D eigenvalue weighted by Gasteiger charge is -2.02. The van der Waals surface area contributed by atoms with E-state index in [-0.39, 0.29) is 17.6 Å². The quantitative estimate of drug-likeness (QED) is 0.636. The van der Waals surface area contributed by atoms with Crippen LogP contribution in [0.3, 0.4) is 0 Å². The number of rotatable bonds is 5. The maximum absolute atomic E-state index is 13.2. The van der Waals surface area contributed by atoms with E-state index in [1.807, 2.05) is 0 Å². The van der Waals surface area contributed by atoms with E-state index in [1.54, 1.807) is 18.2 Å². The maximum Gasteiger partial charge on any atom is 0.236 e. The molecular weight excluding hydrogens is 380 g/mol. The van der Waals surface area contributed by atoms with Crippen LogP contribution in [-0.2, 0) is 9.59 Å². The van der Waals surface area contributed by atoms with Crippen molar-refractivity contribution in [2.24, 2.45) is 0 Å². The molecule has 0 radical (unpaired) electrons. The minimum atomic E-state index is -0.948. The number of anilines is 2. The standard InChI is InChI=1S/C17H13F2N3O2S2/c1-9(23)20-10-2-5-14-15(6-10)26-17(21-14)22-16(24)8-25-11-3-4-12(18)13(19)7-11/h2-7H,8H2,1H3,(H,20,23)(H,21,22,24). The molecule has 0 saturated heterocycles. The first kappa shape index (κ1) is 18.3. The Morgan fingerprint density at radius 2 is 1.92 bits per heavy atom. The van der Waals surface area contributed by atoms with Gasteiger partial charge in [0.2, 0.25) is 11.8 Å². The number of benzene rings is 2. The van der Waals surface area contributed by atoms with Gasteiger partial charge in [-0.15, -0.1) is 11.8 Å². The largest absolute Gasteiger partial charge is 0.326 e. The van der Waals surface area contributed by atoms with Crippen LogP contribution in [0.4, 0.5) is 19.6 Å². The Balaban J connectivity index is 1.63. The van der Waals surface area contributed by atoms with Gasteiger partial charge in [-0.05, 0) is 36.4 Å². The molecule has 1 aromatic heterocycles. The van der Waals surface area contributed by atoms with Gasteiger partial charge in [0.1, 0.15) is 0 Å². The predicted octanol–water partition coefficient (Wildman–Crippen LogP) is 4.26. The van der Waals surface area contributed by atoms with E-state index in [1.165, 1.54) is 24.3 Å². The van der Waals surface area contributed by atoms with Crippen molar-refractivity contribution in [1.82, 2.24) is 4.98 Å². The minimum absolute atomic E-state index is 0.0398. The molecular formula is C17H13F2N3O2S2. The highest BCUT2D eigenvalue weighted by molar-refractivity contribution is 8.00. The van der Waals surface area contributed by atoms with Gasteiger partial charge in [-0.3, -0.25) is 9.59 Å². The van der Waals surface area contributed by atoms with Crippen LogP contribution in [0, 0.1) is 11.6 Å². The molecule has 0 unspecified atom stereocenters. The number of thiazole rings is 1. The molecule has 134 valence electrons. The first-order chi connectivity index (χ1) is 12.4. The maximum atomic E-state index is 13.2. The molecule has 26 heavy (non-hydrogen) atoms. The molecule has 2 aromatic carbocycles. The average Bonchev–Trinajstić information content (AvgIpc) is 2.96. The third kappa shape index (κ3) is 4.55. The lowest BCUT2D eigenvalue weighted by atomic mass is 10.3. The molecule has 0 aliphatic rings. The summed E-state index contributed by atoms with van der Waals surface area (Å²) in [6.07, 6.45) is 0. The fourth-order valence-corrected chi connectivity index (χ4v) is 3.77. The lowest BCUT2D eigenvalue weighted by molar-refractivity contribution is -0.114. The number of hydrogen-bond donors (Lipinski definition) is 2. The highest BCUT2D eigenvalue weighted by Gasteiger charge is 2.10. The van der Waals surface area contributed by atoms with Crippen molar-refractivity contribution in [2.75, 3.05) is 16.4 Å².